The summed E-state index contributed by atoms with van der Waals surface area (Å²) >= 11 is 0. The zero-order valence-corrected chi connectivity index (χ0v) is 13.4. The Balaban J connectivity index is 1.81. The standard InChI is InChI=1S/C16H20FN3O3/c1-10(12-7-8-14(22-3)13(17)9-12)18-15(21)5-4-6-16-19-11(2)20-23-16/h7-10H,4-6H2,1-3H3,(H,18,21). The van der Waals surface area contributed by atoms with Gasteiger partial charge in [-0.25, -0.2) is 4.39 Å². The van der Waals surface area contributed by atoms with Crippen molar-refractivity contribution in [3.8, 4) is 5.75 Å². The molecule has 1 atom stereocenters. The number of methoxy groups -OCH3 is 1. The van der Waals surface area contributed by atoms with E-state index in [9.17, 15) is 9.18 Å². The molecule has 0 aliphatic heterocycles. The first kappa shape index (κ1) is 16.9. The quantitative estimate of drug-likeness (QED) is 0.848. The number of halogens is 1. The van der Waals surface area contributed by atoms with Crippen LogP contribution in [0.1, 0.15) is 43.1 Å². The summed E-state index contributed by atoms with van der Waals surface area (Å²) in [5, 5.41) is 6.53. The molecule has 124 valence electrons. The first-order valence-corrected chi connectivity index (χ1v) is 7.41. The maximum atomic E-state index is 13.7. The van der Waals surface area contributed by atoms with Crippen LogP contribution in [0.25, 0.3) is 0 Å². The Morgan fingerprint density at radius 3 is 2.87 bits per heavy atom. The molecule has 0 saturated heterocycles. The van der Waals surface area contributed by atoms with Crippen LogP contribution in [0, 0.1) is 12.7 Å². The van der Waals surface area contributed by atoms with Gasteiger partial charge in [0.2, 0.25) is 11.8 Å². The summed E-state index contributed by atoms with van der Waals surface area (Å²) in [5.74, 6) is 0.741. The number of hydrogen-bond donors (Lipinski definition) is 1. The zero-order chi connectivity index (χ0) is 16.8. The fourth-order valence-electron chi connectivity index (χ4n) is 2.19. The topological polar surface area (TPSA) is 77.2 Å². The first-order chi connectivity index (χ1) is 11.0. The van der Waals surface area contributed by atoms with Gasteiger partial charge in [-0.3, -0.25) is 4.79 Å². The summed E-state index contributed by atoms with van der Waals surface area (Å²) in [4.78, 5) is 16.0. The summed E-state index contributed by atoms with van der Waals surface area (Å²) in [5.41, 5.74) is 0.684. The van der Waals surface area contributed by atoms with Gasteiger partial charge >= 0.3 is 0 Å². The lowest BCUT2D eigenvalue weighted by Gasteiger charge is -2.15. The van der Waals surface area contributed by atoms with Crippen LogP contribution >= 0.6 is 0 Å². The highest BCUT2D eigenvalue weighted by Gasteiger charge is 2.13. The SMILES string of the molecule is COc1ccc(C(C)NC(=O)CCCc2nc(C)no2)cc1F. The second-order valence-corrected chi connectivity index (χ2v) is 5.27. The van der Waals surface area contributed by atoms with Crippen LogP contribution in [0.4, 0.5) is 4.39 Å². The van der Waals surface area contributed by atoms with Gasteiger partial charge in [0.05, 0.1) is 13.2 Å². The van der Waals surface area contributed by atoms with Crippen molar-refractivity contribution in [2.45, 2.75) is 39.2 Å². The summed E-state index contributed by atoms with van der Waals surface area (Å²) in [6, 6.07) is 4.36. The minimum absolute atomic E-state index is 0.107. The van der Waals surface area contributed by atoms with Crippen molar-refractivity contribution in [3.05, 3.63) is 41.3 Å². The van der Waals surface area contributed by atoms with Crippen molar-refractivity contribution < 1.29 is 18.4 Å². The highest BCUT2D eigenvalue weighted by Crippen LogP contribution is 2.21. The monoisotopic (exact) mass is 321 g/mol. The highest BCUT2D eigenvalue weighted by atomic mass is 19.1. The number of aryl methyl sites for hydroxylation is 2. The maximum absolute atomic E-state index is 13.7. The molecule has 7 heteroatoms. The fourth-order valence-corrected chi connectivity index (χ4v) is 2.19. The number of carbonyl (C=O) groups is 1. The van der Waals surface area contributed by atoms with Gasteiger partial charge in [0.25, 0.3) is 0 Å². The predicted molar refractivity (Wildman–Crippen MR) is 81.5 cm³/mol. The van der Waals surface area contributed by atoms with Crippen LogP contribution in [0.5, 0.6) is 5.75 Å². The Morgan fingerprint density at radius 2 is 2.26 bits per heavy atom. The Hall–Kier alpha value is -2.44. The molecule has 1 heterocycles. The van der Waals surface area contributed by atoms with Crippen LogP contribution in [0.2, 0.25) is 0 Å². The number of benzene rings is 1. The molecule has 1 aromatic carbocycles. The van der Waals surface area contributed by atoms with Gasteiger partial charge in [0.1, 0.15) is 0 Å². The van der Waals surface area contributed by atoms with Crippen LogP contribution < -0.4 is 10.1 Å². The minimum atomic E-state index is -0.446. The lowest BCUT2D eigenvalue weighted by molar-refractivity contribution is -0.121. The van der Waals surface area contributed by atoms with Crippen LogP contribution in [-0.4, -0.2) is 23.2 Å². The second-order valence-electron chi connectivity index (χ2n) is 5.27. The van der Waals surface area contributed by atoms with E-state index in [-0.39, 0.29) is 17.7 Å². The molecular weight excluding hydrogens is 301 g/mol. The average Bonchev–Trinajstić information content (AvgIpc) is 2.92. The van der Waals surface area contributed by atoms with E-state index < -0.39 is 5.82 Å². The van der Waals surface area contributed by atoms with E-state index in [1.54, 1.807) is 26.0 Å². The first-order valence-electron chi connectivity index (χ1n) is 7.41. The van der Waals surface area contributed by atoms with E-state index in [1.165, 1.54) is 13.2 Å². The number of amides is 1. The Labute approximate surface area is 134 Å². The fraction of sp³-hybridized carbons (Fsp3) is 0.438. The number of hydrogen-bond acceptors (Lipinski definition) is 5. The number of nitrogens with zero attached hydrogens (tertiary/aromatic N) is 2. The van der Waals surface area contributed by atoms with Gasteiger partial charge < -0.3 is 14.6 Å². The molecule has 2 aromatic rings. The van der Waals surface area contributed by atoms with Crippen molar-refractivity contribution in [1.82, 2.24) is 15.5 Å². The van der Waals surface area contributed by atoms with Gasteiger partial charge in [0, 0.05) is 12.8 Å². The molecule has 1 N–H and O–H groups in total. The van der Waals surface area contributed by atoms with Crippen LogP contribution in [0.3, 0.4) is 0 Å². The minimum Gasteiger partial charge on any atom is -0.494 e. The summed E-state index contributed by atoms with van der Waals surface area (Å²) in [7, 11) is 1.41. The molecular formula is C16H20FN3O3. The molecule has 23 heavy (non-hydrogen) atoms. The van der Waals surface area contributed by atoms with Crippen LogP contribution in [-0.2, 0) is 11.2 Å². The third-order valence-electron chi connectivity index (χ3n) is 3.42. The lowest BCUT2D eigenvalue weighted by Crippen LogP contribution is -2.26. The van der Waals surface area contributed by atoms with E-state index in [0.29, 0.717) is 36.5 Å². The molecule has 1 unspecified atom stereocenters. The zero-order valence-electron chi connectivity index (χ0n) is 13.4. The third kappa shape index (κ3) is 4.77. The van der Waals surface area contributed by atoms with Gasteiger partial charge in [-0.2, -0.15) is 4.98 Å². The Bertz CT molecular complexity index is 672. The summed E-state index contributed by atoms with van der Waals surface area (Å²) < 4.78 is 23.5. The number of ether oxygens (including phenoxy) is 1. The largest absolute Gasteiger partial charge is 0.494 e. The van der Waals surface area contributed by atoms with E-state index in [4.69, 9.17) is 9.26 Å². The smallest absolute Gasteiger partial charge is 0.226 e. The molecule has 0 bridgehead atoms. The molecule has 1 amide bonds. The van der Waals surface area contributed by atoms with E-state index in [0.717, 1.165) is 0 Å². The van der Waals surface area contributed by atoms with Crippen molar-refractivity contribution in [2.75, 3.05) is 7.11 Å². The summed E-state index contributed by atoms with van der Waals surface area (Å²) in [6.07, 6.45) is 1.50. The van der Waals surface area contributed by atoms with Gasteiger partial charge in [-0.05, 0) is 38.0 Å². The second kappa shape index (κ2) is 7.71. The van der Waals surface area contributed by atoms with Gasteiger partial charge in [-0.15, -0.1) is 0 Å². The molecule has 0 aliphatic carbocycles. The molecule has 0 spiro atoms. The van der Waals surface area contributed by atoms with E-state index >= 15 is 0 Å². The third-order valence-corrected chi connectivity index (χ3v) is 3.42. The Morgan fingerprint density at radius 1 is 1.48 bits per heavy atom. The number of rotatable bonds is 7. The predicted octanol–water partition coefficient (Wildman–Crippen LogP) is 2.73. The molecule has 0 aliphatic rings. The lowest BCUT2D eigenvalue weighted by atomic mass is 10.1. The molecule has 6 nitrogen and oxygen atoms in total. The van der Waals surface area contributed by atoms with E-state index in [1.807, 2.05) is 0 Å². The molecule has 0 fully saturated rings. The number of nitrogens with one attached hydrogen (secondary N) is 1. The van der Waals surface area contributed by atoms with Crippen molar-refractivity contribution in [1.29, 1.82) is 0 Å². The van der Waals surface area contributed by atoms with Crippen LogP contribution in [0.15, 0.2) is 22.7 Å². The van der Waals surface area contributed by atoms with Gasteiger partial charge in [0.15, 0.2) is 17.4 Å². The normalized spacial score (nSPS) is 12.0. The molecule has 0 saturated carbocycles. The van der Waals surface area contributed by atoms with Crippen molar-refractivity contribution in [3.63, 3.8) is 0 Å². The summed E-state index contributed by atoms with van der Waals surface area (Å²) in [6.45, 7) is 3.55. The molecule has 0 radical (unpaired) electrons. The maximum Gasteiger partial charge on any atom is 0.226 e. The van der Waals surface area contributed by atoms with Gasteiger partial charge in [-0.1, -0.05) is 11.2 Å². The van der Waals surface area contributed by atoms with Crippen molar-refractivity contribution in [2.24, 2.45) is 0 Å². The number of carbonyl (C=O) groups excluding carboxylic acids is 1. The Kier molecular flexibility index (Phi) is 5.67. The highest BCUT2D eigenvalue weighted by molar-refractivity contribution is 5.76. The van der Waals surface area contributed by atoms with Crippen molar-refractivity contribution >= 4 is 5.91 Å². The number of aromatic nitrogens is 2. The average molecular weight is 321 g/mol. The van der Waals surface area contributed by atoms with E-state index in [2.05, 4.69) is 15.5 Å². The molecule has 1 aromatic heterocycles. The molecule has 2 rings (SSSR count).